The molecule has 2 heterocycles. The number of nitro benzene ring substituents is 1. The third kappa shape index (κ3) is 4.23. The molecule has 30 heavy (non-hydrogen) atoms. The monoisotopic (exact) mass is 414 g/mol. The van der Waals surface area contributed by atoms with E-state index in [2.05, 4.69) is 15.5 Å². The number of carbonyl (C=O) groups excluding carboxylic acids is 1. The highest BCUT2D eigenvalue weighted by atomic mass is 16.6. The number of aliphatic carboxylic acids is 1. The number of carboxylic acid groups (broad SMARTS) is 1. The van der Waals surface area contributed by atoms with Gasteiger partial charge in [-0.2, -0.15) is 0 Å². The summed E-state index contributed by atoms with van der Waals surface area (Å²) in [6.45, 7) is -1.12. The average Bonchev–Trinajstić information content (AvgIpc) is 3.21. The maximum absolute atomic E-state index is 11.8. The van der Waals surface area contributed by atoms with Gasteiger partial charge >= 0.3 is 5.97 Å². The van der Waals surface area contributed by atoms with Crippen molar-refractivity contribution in [2.45, 2.75) is 6.61 Å². The van der Waals surface area contributed by atoms with E-state index in [1.807, 2.05) is 0 Å². The Bertz CT molecular complexity index is 1140. The van der Waals surface area contributed by atoms with Crippen LogP contribution in [0.1, 0.15) is 16.1 Å². The smallest absolute Gasteiger partial charge is 0.322 e. The number of benzene rings is 1. The van der Waals surface area contributed by atoms with E-state index in [-0.39, 0.29) is 34.0 Å². The molecule has 0 bridgehead atoms. The number of hydrogen-bond acceptors (Lipinski definition) is 9. The van der Waals surface area contributed by atoms with Gasteiger partial charge in [0, 0.05) is 29.5 Å². The molecule has 0 unspecified atom stereocenters. The van der Waals surface area contributed by atoms with Crippen LogP contribution in [0.5, 0.6) is 5.75 Å². The molecule has 0 fully saturated rings. The van der Waals surface area contributed by atoms with Gasteiger partial charge < -0.3 is 25.2 Å². The number of amides is 1. The van der Waals surface area contributed by atoms with E-state index in [4.69, 9.17) is 9.63 Å². The summed E-state index contributed by atoms with van der Waals surface area (Å²) < 4.78 is 5.20. The van der Waals surface area contributed by atoms with Crippen LogP contribution in [-0.2, 0) is 11.4 Å². The van der Waals surface area contributed by atoms with Crippen molar-refractivity contribution < 1.29 is 34.4 Å². The fourth-order valence-corrected chi connectivity index (χ4v) is 2.58. The highest BCUT2D eigenvalue weighted by Crippen LogP contribution is 2.31. The van der Waals surface area contributed by atoms with E-state index in [1.54, 1.807) is 0 Å². The molecule has 0 saturated heterocycles. The standard InChI is InChI=1S/C18H14N4O8/c23-8-10-2-1-9(3-13(10)22(28)29)12-5-15(30-21-12)11-4-14(24)17(19-6-11)18(27)20-7-16(25)26/h1-6,23-24H,7-8H2,(H,20,27)(H,25,26). The summed E-state index contributed by atoms with van der Waals surface area (Å²) in [5.41, 5.74) is 0.419. The zero-order valence-electron chi connectivity index (χ0n) is 15.1. The first-order chi connectivity index (χ1) is 14.3. The number of nitro groups is 1. The highest BCUT2D eigenvalue weighted by molar-refractivity contribution is 5.96. The molecule has 0 atom stereocenters. The molecular weight excluding hydrogens is 400 g/mol. The van der Waals surface area contributed by atoms with Crippen molar-refractivity contribution in [3.63, 3.8) is 0 Å². The van der Waals surface area contributed by atoms with E-state index >= 15 is 0 Å². The molecule has 0 aliphatic heterocycles. The van der Waals surface area contributed by atoms with E-state index < -0.39 is 35.7 Å². The maximum Gasteiger partial charge on any atom is 0.322 e. The minimum absolute atomic E-state index is 0.151. The predicted molar refractivity (Wildman–Crippen MR) is 99.4 cm³/mol. The van der Waals surface area contributed by atoms with Crippen molar-refractivity contribution >= 4 is 17.6 Å². The summed E-state index contributed by atoms with van der Waals surface area (Å²) in [6, 6.07) is 6.83. The quantitative estimate of drug-likeness (QED) is 0.324. The Morgan fingerprint density at radius 2 is 1.97 bits per heavy atom. The van der Waals surface area contributed by atoms with Crippen LogP contribution >= 0.6 is 0 Å². The van der Waals surface area contributed by atoms with Gasteiger partial charge in [0.05, 0.1) is 17.1 Å². The number of nitrogens with one attached hydrogen (secondary N) is 1. The molecule has 154 valence electrons. The molecular formula is C18H14N4O8. The molecule has 0 aliphatic rings. The second-order valence-corrected chi connectivity index (χ2v) is 6.00. The van der Waals surface area contributed by atoms with Crippen LogP contribution in [0.2, 0.25) is 0 Å². The van der Waals surface area contributed by atoms with Crippen LogP contribution in [0.4, 0.5) is 5.69 Å². The number of aromatic nitrogens is 2. The fraction of sp³-hybridized carbons (Fsp3) is 0.111. The third-order valence-electron chi connectivity index (χ3n) is 4.03. The van der Waals surface area contributed by atoms with Crippen LogP contribution in [0, 0.1) is 10.1 Å². The van der Waals surface area contributed by atoms with Gasteiger partial charge in [-0.15, -0.1) is 0 Å². The van der Waals surface area contributed by atoms with E-state index in [0.717, 1.165) is 0 Å². The lowest BCUT2D eigenvalue weighted by molar-refractivity contribution is -0.385. The zero-order chi connectivity index (χ0) is 21.8. The van der Waals surface area contributed by atoms with Gasteiger partial charge in [-0.05, 0) is 12.1 Å². The number of aliphatic hydroxyl groups excluding tert-OH is 1. The summed E-state index contributed by atoms with van der Waals surface area (Å²) in [5, 5.41) is 44.9. The molecule has 12 nitrogen and oxygen atoms in total. The first-order valence-corrected chi connectivity index (χ1v) is 8.34. The van der Waals surface area contributed by atoms with Gasteiger partial charge in [0.2, 0.25) is 0 Å². The second-order valence-electron chi connectivity index (χ2n) is 6.00. The van der Waals surface area contributed by atoms with Crippen LogP contribution in [0.3, 0.4) is 0 Å². The molecule has 0 spiro atoms. The van der Waals surface area contributed by atoms with Gasteiger partial charge in [-0.1, -0.05) is 11.2 Å². The molecule has 3 aromatic rings. The number of rotatable bonds is 7. The Morgan fingerprint density at radius 3 is 2.60 bits per heavy atom. The minimum atomic E-state index is -1.25. The summed E-state index contributed by atoms with van der Waals surface area (Å²) in [4.78, 5) is 36.7. The fourth-order valence-electron chi connectivity index (χ4n) is 2.58. The van der Waals surface area contributed by atoms with Gasteiger partial charge in [0.25, 0.3) is 11.6 Å². The molecule has 1 amide bonds. The lowest BCUT2D eigenvalue weighted by Gasteiger charge is -2.05. The van der Waals surface area contributed by atoms with Crippen LogP contribution in [0.15, 0.2) is 41.1 Å². The summed E-state index contributed by atoms with van der Waals surface area (Å²) in [7, 11) is 0. The van der Waals surface area contributed by atoms with E-state index in [9.17, 15) is 29.9 Å². The number of carboxylic acids is 1. The Hall–Kier alpha value is -4.32. The Morgan fingerprint density at radius 1 is 1.20 bits per heavy atom. The maximum atomic E-state index is 11.8. The number of carbonyl (C=O) groups is 2. The molecule has 2 aromatic heterocycles. The zero-order valence-corrected chi connectivity index (χ0v) is 15.1. The third-order valence-corrected chi connectivity index (χ3v) is 4.03. The van der Waals surface area contributed by atoms with Gasteiger partial charge in [-0.3, -0.25) is 19.7 Å². The SMILES string of the molecule is O=C(O)CNC(=O)c1ncc(-c2cc(-c3ccc(CO)c([N+](=O)[O-])c3)no2)cc1O. The van der Waals surface area contributed by atoms with Crippen molar-refractivity contribution in [1.82, 2.24) is 15.5 Å². The van der Waals surface area contributed by atoms with Crippen molar-refractivity contribution in [3.05, 3.63) is 57.9 Å². The molecule has 1 aromatic carbocycles. The first-order valence-electron chi connectivity index (χ1n) is 8.34. The van der Waals surface area contributed by atoms with E-state index in [1.165, 1.54) is 36.5 Å². The Balaban J connectivity index is 1.87. The molecule has 0 aliphatic carbocycles. The Labute approximate surface area is 167 Å². The topological polar surface area (TPSA) is 189 Å². The number of aliphatic hydroxyl groups is 1. The average molecular weight is 414 g/mol. The van der Waals surface area contributed by atoms with Crippen LogP contribution < -0.4 is 5.32 Å². The predicted octanol–water partition coefficient (Wildman–Crippen LogP) is 1.32. The van der Waals surface area contributed by atoms with Gasteiger partial charge in [0.1, 0.15) is 18.0 Å². The number of hydrogen-bond donors (Lipinski definition) is 4. The van der Waals surface area contributed by atoms with Crippen molar-refractivity contribution in [2.75, 3.05) is 6.54 Å². The number of nitrogens with zero attached hydrogens (tertiary/aromatic N) is 3. The van der Waals surface area contributed by atoms with Crippen LogP contribution in [0.25, 0.3) is 22.6 Å². The first kappa shape index (κ1) is 20.4. The molecule has 0 radical (unpaired) electrons. The molecule has 12 heteroatoms. The highest BCUT2D eigenvalue weighted by Gasteiger charge is 2.19. The summed E-state index contributed by atoms with van der Waals surface area (Å²) in [5.74, 6) is -2.45. The largest absolute Gasteiger partial charge is 0.505 e. The lowest BCUT2D eigenvalue weighted by Crippen LogP contribution is -2.29. The second kappa shape index (κ2) is 8.36. The van der Waals surface area contributed by atoms with Crippen LogP contribution in [-0.4, -0.2) is 48.8 Å². The summed E-state index contributed by atoms with van der Waals surface area (Å²) >= 11 is 0. The normalized spacial score (nSPS) is 10.6. The van der Waals surface area contributed by atoms with E-state index in [0.29, 0.717) is 5.56 Å². The van der Waals surface area contributed by atoms with Crippen molar-refractivity contribution in [3.8, 4) is 28.3 Å². The molecule has 4 N–H and O–H groups in total. The Kier molecular flexibility index (Phi) is 5.69. The number of pyridine rings is 1. The molecule has 3 rings (SSSR count). The summed E-state index contributed by atoms with van der Waals surface area (Å²) in [6.07, 6.45) is 1.22. The van der Waals surface area contributed by atoms with Crippen molar-refractivity contribution in [2.24, 2.45) is 0 Å². The van der Waals surface area contributed by atoms with Crippen molar-refractivity contribution in [1.29, 1.82) is 0 Å². The van der Waals surface area contributed by atoms with Gasteiger partial charge in [-0.25, -0.2) is 4.98 Å². The minimum Gasteiger partial charge on any atom is -0.505 e. The number of aromatic hydroxyl groups is 1. The molecule has 0 saturated carbocycles. The lowest BCUT2D eigenvalue weighted by atomic mass is 10.1. The van der Waals surface area contributed by atoms with Gasteiger partial charge in [0.15, 0.2) is 11.5 Å².